The Morgan fingerprint density at radius 2 is 1.83 bits per heavy atom. The highest BCUT2D eigenvalue weighted by molar-refractivity contribution is 6.31. The third kappa shape index (κ3) is 6.31. The number of amides is 2. The number of hydrogen-bond acceptors (Lipinski definition) is 3. The van der Waals surface area contributed by atoms with Gasteiger partial charge in [-0.3, -0.25) is 9.59 Å². The van der Waals surface area contributed by atoms with Gasteiger partial charge in [0.25, 0.3) is 5.91 Å². The molecule has 0 aliphatic rings. The van der Waals surface area contributed by atoms with E-state index in [1.165, 1.54) is 13.1 Å². The van der Waals surface area contributed by atoms with Crippen molar-refractivity contribution in [3.63, 3.8) is 0 Å². The summed E-state index contributed by atoms with van der Waals surface area (Å²) < 4.78 is 69.8. The van der Waals surface area contributed by atoms with Crippen molar-refractivity contribution in [1.82, 2.24) is 4.90 Å². The number of nitrogens with zero attached hydrogens (tertiary/aromatic N) is 1. The summed E-state index contributed by atoms with van der Waals surface area (Å²) in [4.78, 5) is 24.9. The molecular formula is C18H14ClF5N2O3. The number of anilines is 1. The highest BCUT2D eigenvalue weighted by Gasteiger charge is 2.33. The summed E-state index contributed by atoms with van der Waals surface area (Å²) in [7, 11) is 1.25. The van der Waals surface area contributed by atoms with Crippen LogP contribution in [0.25, 0.3) is 0 Å². The van der Waals surface area contributed by atoms with Gasteiger partial charge in [0.15, 0.2) is 18.2 Å². The smallest absolute Gasteiger partial charge is 0.417 e. The van der Waals surface area contributed by atoms with E-state index in [4.69, 9.17) is 16.3 Å². The fourth-order valence-electron chi connectivity index (χ4n) is 2.17. The summed E-state index contributed by atoms with van der Waals surface area (Å²) in [5.74, 6) is -3.65. The quantitative estimate of drug-likeness (QED) is 0.693. The van der Waals surface area contributed by atoms with Gasteiger partial charge in [0.05, 0.1) is 17.1 Å². The number of ether oxygens (including phenoxy) is 1. The first-order chi connectivity index (χ1) is 13.5. The van der Waals surface area contributed by atoms with Crippen LogP contribution in [0.4, 0.5) is 27.6 Å². The number of hydrogen-bond donors (Lipinski definition) is 1. The fraction of sp³-hybridized carbons (Fsp3) is 0.222. The Morgan fingerprint density at radius 3 is 2.45 bits per heavy atom. The molecule has 2 rings (SSSR count). The molecule has 0 saturated heterocycles. The van der Waals surface area contributed by atoms with Gasteiger partial charge in [-0.1, -0.05) is 11.6 Å². The Kier molecular flexibility index (Phi) is 7.02. The Bertz CT molecular complexity index is 921. The normalized spacial score (nSPS) is 11.1. The summed E-state index contributed by atoms with van der Waals surface area (Å²) in [5.41, 5.74) is -1.27. The Labute approximate surface area is 167 Å². The van der Waals surface area contributed by atoms with E-state index in [9.17, 15) is 31.5 Å². The average Bonchev–Trinajstić information content (AvgIpc) is 2.61. The van der Waals surface area contributed by atoms with Crippen LogP contribution in [0, 0.1) is 11.6 Å². The maximum atomic E-state index is 13.5. The van der Waals surface area contributed by atoms with Crippen LogP contribution in [0.3, 0.4) is 0 Å². The standard InChI is InChI=1S/C18H14ClF5N2O3/c1-26(17(28)9-29-15-5-2-10(20)6-14(15)21)8-16(27)25-11-3-4-13(19)12(7-11)18(22,23)24/h2-7H,8-9H2,1H3,(H,25,27). The van der Waals surface area contributed by atoms with Gasteiger partial charge in [0, 0.05) is 18.8 Å². The zero-order valence-corrected chi connectivity index (χ0v) is 15.6. The molecule has 0 saturated carbocycles. The minimum absolute atomic E-state index is 0.155. The topological polar surface area (TPSA) is 58.6 Å². The van der Waals surface area contributed by atoms with Crippen LogP contribution in [0.5, 0.6) is 5.75 Å². The minimum atomic E-state index is -4.70. The van der Waals surface area contributed by atoms with E-state index in [0.717, 1.165) is 23.1 Å². The lowest BCUT2D eigenvalue weighted by molar-refractivity contribution is -0.137. The molecule has 5 nitrogen and oxygen atoms in total. The summed E-state index contributed by atoms with van der Waals surface area (Å²) >= 11 is 5.50. The number of rotatable bonds is 6. The van der Waals surface area contributed by atoms with E-state index >= 15 is 0 Å². The molecule has 0 fully saturated rings. The maximum Gasteiger partial charge on any atom is 0.417 e. The van der Waals surface area contributed by atoms with E-state index in [0.29, 0.717) is 12.1 Å². The molecule has 156 valence electrons. The van der Waals surface area contributed by atoms with Crippen LogP contribution >= 0.6 is 11.6 Å². The summed E-state index contributed by atoms with van der Waals surface area (Å²) in [5, 5.41) is 1.70. The van der Waals surface area contributed by atoms with Crippen molar-refractivity contribution in [3.8, 4) is 5.75 Å². The zero-order valence-electron chi connectivity index (χ0n) is 14.8. The van der Waals surface area contributed by atoms with Crippen molar-refractivity contribution >= 4 is 29.1 Å². The molecule has 0 heterocycles. The molecule has 0 aromatic heterocycles. The molecule has 2 aromatic carbocycles. The molecule has 0 aliphatic heterocycles. The highest BCUT2D eigenvalue weighted by Crippen LogP contribution is 2.36. The molecule has 0 bridgehead atoms. The first-order valence-corrected chi connectivity index (χ1v) is 8.33. The summed E-state index contributed by atoms with van der Waals surface area (Å²) in [6, 6.07) is 5.36. The molecule has 0 spiro atoms. The maximum absolute atomic E-state index is 13.5. The van der Waals surface area contributed by atoms with Crippen molar-refractivity contribution in [1.29, 1.82) is 0 Å². The third-order valence-electron chi connectivity index (χ3n) is 3.61. The Hall–Kier alpha value is -2.88. The van der Waals surface area contributed by atoms with Crippen LogP contribution < -0.4 is 10.1 Å². The van der Waals surface area contributed by atoms with Crippen molar-refractivity contribution in [2.45, 2.75) is 6.18 Å². The molecule has 2 amide bonds. The molecule has 2 aromatic rings. The molecular weight excluding hydrogens is 423 g/mol. The second-order valence-corrected chi connectivity index (χ2v) is 6.26. The van der Waals surface area contributed by atoms with Crippen LogP contribution in [-0.2, 0) is 15.8 Å². The van der Waals surface area contributed by atoms with Crippen molar-refractivity contribution in [2.24, 2.45) is 0 Å². The third-order valence-corrected chi connectivity index (χ3v) is 3.94. The number of likely N-dealkylation sites (N-methyl/N-ethyl adjacent to an activating group) is 1. The van der Waals surface area contributed by atoms with Gasteiger partial charge in [-0.05, 0) is 30.3 Å². The minimum Gasteiger partial charge on any atom is -0.481 e. The second kappa shape index (κ2) is 9.08. The fourth-order valence-corrected chi connectivity index (χ4v) is 2.39. The molecule has 11 heteroatoms. The van der Waals surface area contributed by atoms with Gasteiger partial charge in [-0.15, -0.1) is 0 Å². The van der Waals surface area contributed by atoms with E-state index < -0.39 is 53.4 Å². The molecule has 0 atom stereocenters. The summed E-state index contributed by atoms with van der Waals surface area (Å²) in [6.07, 6.45) is -4.70. The first kappa shape index (κ1) is 22.4. The molecule has 0 radical (unpaired) electrons. The van der Waals surface area contributed by atoms with Crippen molar-refractivity contribution in [2.75, 3.05) is 25.5 Å². The number of alkyl halides is 3. The lowest BCUT2D eigenvalue weighted by atomic mass is 10.2. The second-order valence-electron chi connectivity index (χ2n) is 5.85. The van der Waals surface area contributed by atoms with Crippen LogP contribution in [0.1, 0.15) is 5.56 Å². The first-order valence-electron chi connectivity index (χ1n) is 7.96. The Morgan fingerprint density at radius 1 is 1.14 bits per heavy atom. The average molecular weight is 437 g/mol. The van der Waals surface area contributed by atoms with Crippen molar-refractivity contribution in [3.05, 3.63) is 58.6 Å². The lowest BCUT2D eigenvalue weighted by Gasteiger charge is -2.18. The number of halogens is 6. The lowest BCUT2D eigenvalue weighted by Crippen LogP contribution is -2.37. The summed E-state index contributed by atoms with van der Waals surface area (Å²) in [6.45, 7) is -1.14. The van der Waals surface area contributed by atoms with Gasteiger partial charge in [-0.2, -0.15) is 13.2 Å². The number of carbonyl (C=O) groups excluding carboxylic acids is 2. The number of nitrogens with one attached hydrogen (secondary N) is 1. The largest absolute Gasteiger partial charge is 0.481 e. The molecule has 1 N–H and O–H groups in total. The molecule has 0 unspecified atom stereocenters. The predicted molar refractivity (Wildman–Crippen MR) is 94.6 cm³/mol. The van der Waals surface area contributed by atoms with Crippen LogP contribution in [-0.4, -0.2) is 36.9 Å². The predicted octanol–water partition coefficient (Wildman–Crippen LogP) is 4.11. The van der Waals surface area contributed by atoms with E-state index in [2.05, 4.69) is 5.32 Å². The molecule has 0 aliphatic carbocycles. The van der Waals surface area contributed by atoms with Crippen molar-refractivity contribution < 1.29 is 36.3 Å². The van der Waals surface area contributed by atoms with E-state index in [1.807, 2.05) is 0 Å². The number of benzene rings is 2. The monoisotopic (exact) mass is 436 g/mol. The SMILES string of the molecule is CN(CC(=O)Nc1ccc(Cl)c(C(F)(F)F)c1)C(=O)COc1ccc(F)cc1F. The van der Waals surface area contributed by atoms with Gasteiger partial charge in [0.1, 0.15) is 5.82 Å². The zero-order chi connectivity index (χ0) is 21.8. The van der Waals surface area contributed by atoms with Crippen LogP contribution in [0.15, 0.2) is 36.4 Å². The Balaban J connectivity index is 1.92. The van der Waals surface area contributed by atoms with Gasteiger partial charge in [0.2, 0.25) is 5.91 Å². The van der Waals surface area contributed by atoms with Gasteiger partial charge < -0.3 is 15.0 Å². The van der Waals surface area contributed by atoms with Gasteiger partial charge >= 0.3 is 6.18 Å². The van der Waals surface area contributed by atoms with Gasteiger partial charge in [-0.25, -0.2) is 8.78 Å². The highest BCUT2D eigenvalue weighted by atomic mass is 35.5. The number of carbonyl (C=O) groups is 2. The van der Waals surface area contributed by atoms with E-state index in [1.54, 1.807) is 0 Å². The van der Waals surface area contributed by atoms with Crippen LogP contribution in [0.2, 0.25) is 5.02 Å². The molecule has 29 heavy (non-hydrogen) atoms. The van der Waals surface area contributed by atoms with E-state index in [-0.39, 0.29) is 11.4 Å².